The average Bonchev–Trinajstić information content (AvgIpc) is 3.69. The van der Waals surface area contributed by atoms with Crippen molar-refractivity contribution in [3.8, 4) is 0 Å². The molecule has 0 bridgehead atoms. The lowest BCUT2D eigenvalue weighted by atomic mass is 9.89. The van der Waals surface area contributed by atoms with Crippen molar-refractivity contribution in [2.75, 3.05) is 32.7 Å². The quantitative estimate of drug-likeness (QED) is 0.683. The molecule has 1 amide bonds. The molecule has 0 aromatic carbocycles. The second-order valence-corrected chi connectivity index (χ2v) is 11.3. The molecule has 3 heterocycles. The monoisotopic (exact) mass is 481 g/mol. The molecule has 0 spiro atoms. The predicted molar refractivity (Wildman–Crippen MR) is 137 cm³/mol. The highest BCUT2D eigenvalue weighted by atomic mass is 16.2. The molecule has 2 aromatic rings. The van der Waals surface area contributed by atoms with Crippen molar-refractivity contribution in [3.63, 3.8) is 0 Å². The highest BCUT2D eigenvalue weighted by Crippen LogP contribution is 2.40. The summed E-state index contributed by atoms with van der Waals surface area (Å²) < 4.78 is 1.54. The van der Waals surface area contributed by atoms with E-state index in [1.807, 2.05) is 24.8 Å². The maximum absolute atomic E-state index is 13.9. The van der Waals surface area contributed by atoms with Gasteiger partial charge in [0.25, 0.3) is 11.5 Å². The molecule has 1 saturated heterocycles. The first-order valence-corrected chi connectivity index (χ1v) is 13.6. The Bertz CT molecular complexity index is 1190. The van der Waals surface area contributed by atoms with Gasteiger partial charge >= 0.3 is 5.69 Å². The molecule has 0 atom stereocenters. The number of pyridine rings is 1. The van der Waals surface area contributed by atoms with Crippen molar-refractivity contribution in [1.29, 1.82) is 0 Å². The van der Waals surface area contributed by atoms with Crippen LogP contribution in [-0.4, -0.2) is 63.0 Å². The Kier molecular flexibility index (Phi) is 7.09. The number of hydrogen-bond donors (Lipinski definition) is 1. The number of aromatic amines is 1. The summed E-state index contributed by atoms with van der Waals surface area (Å²) in [5, 5.41) is 0.253. The minimum Gasteiger partial charge on any atom is -0.337 e. The molecule has 2 aromatic heterocycles. The smallest absolute Gasteiger partial charge is 0.330 e. The van der Waals surface area contributed by atoms with Crippen LogP contribution in [0.25, 0.3) is 11.0 Å². The fourth-order valence-electron chi connectivity index (χ4n) is 5.85. The molecule has 2 aliphatic carbocycles. The number of nitrogens with one attached hydrogen (secondary N) is 1. The number of nitrogens with zero attached hydrogens (tertiary/aromatic N) is 4. The predicted octanol–water partition coefficient (Wildman–Crippen LogP) is 3.35. The molecule has 0 unspecified atom stereocenters. The highest BCUT2D eigenvalue weighted by Gasteiger charge is 2.31. The number of hydrogen-bond acceptors (Lipinski definition) is 5. The zero-order valence-electron chi connectivity index (χ0n) is 21.2. The Morgan fingerprint density at radius 1 is 1.03 bits per heavy atom. The standard InChI is InChI=1S/C27H39N5O3/c1-18(2)16-32-24-23(25(33)29-27(32)35)21(15-22(28-24)20-9-10-20)26(34)31-12-6-11-30(13-14-31)17-19-7-4-3-5-8-19/h15,18-20H,3-14,16-17H2,1-2H3,(H,29,33,35). The number of amides is 1. The van der Waals surface area contributed by atoms with Gasteiger partial charge in [0.2, 0.25) is 0 Å². The van der Waals surface area contributed by atoms with Crippen LogP contribution in [0.15, 0.2) is 15.7 Å². The third-order valence-corrected chi connectivity index (χ3v) is 7.86. The summed E-state index contributed by atoms with van der Waals surface area (Å²) in [5.41, 5.74) is 0.613. The van der Waals surface area contributed by atoms with Gasteiger partial charge in [0.1, 0.15) is 0 Å². The van der Waals surface area contributed by atoms with Crippen molar-refractivity contribution in [2.24, 2.45) is 11.8 Å². The van der Waals surface area contributed by atoms with Crippen LogP contribution in [0.2, 0.25) is 0 Å². The summed E-state index contributed by atoms with van der Waals surface area (Å²) in [5.74, 6) is 1.18. The first kappa shape index (κ1) is 24.2. The molecule has 5 rings (SSSR count). The number of rotatable bonds is 6. The van der Waals surface area contributed by atoms with Gasteiger partial charge < -0.3 is 9.80 Å². The van der Waals surface area contributed by atoms with Crippen LogP contribution in [0.1, 0.15) is 87.2 Å². The Hall–Kier alpha value is -2.48. The van der Waals surface area contributed by atoms with Crippen LogP contribution >= 0.6 is 0 Å². The zero-order chi connectivity index (χ0) is 24.5. The molecule has 35 heavy (non-hydrogen) atoms. The Morgan fingerprint density at radius 3 is 2.51 bits per heavy atom. The van der Waals surface area contributed by atoms with E-state index in [1.54, 1.807) is 4.57 Å². The molecule has 1 N–H and O–H groups in total. The largest absolute Gasteiger partial charge is 0.337 e. The van der Waals surface area contributed by atoms with Crippen molar-refractivity contribution >= 4 is 16.9 Å². The minimum atomic E-state index is -0.517. The normalized spacial score (nSPS) is 20.5. The molecule has 190 valence electrons. The third-order valence-electron chi connectivity index (χ3n) is 7.86. The van der Waals surface area contributed by atoms with Crippen LogP contribution in [-0.2, 0) is 6.54 Å². The Labute approximate surface area is 206 Å². The Morgan fingerprint density at radius 2 is 1.80 bits per heavy atom. The van der Waals surface area contributed by atoms with Crippen LogP contribution in [0, 0.1) is 11.8 Å². The third kappa shape index (κ3) is 5.37. The van der Waals surface area contributed by atoms with Gasteiger partial charge in [-0.3, -0.25) is 19.1 Å². The summed E-state index contributed by atoms with van der Waals surface area (Å²) in [7, 11) is 0. The lowest BCUT2D eigenvalue weighted by molar-refractivity contribution is 0.0761. The minimum absolute atomic E-state index is 0.112. The van der Waals surface area contributed by atoms with Crippen molar-refractivity contribution in [1.82, 2.24) is 24.3 Å². The highest BCUT2D eigenvalue weighted by molar-refractivity contribution is 6.05. The number of H-pyrrole nitrogens is 1. The first-order valence-electron chi connectivity index (χ1n) is 13.6. The number of carbonyl (C=O) groups is 1. The van der Waals surface area contributed by atoms with E-state index in [4.69, 9.17) is 4.98 Å². The fraction of sp³-hybridized carbons (Fsp3) is 0.704. The number of carbonyl (C=O) groups excluding carboxylic acids is 1. The van der Waals surface area contributed by atoms with E-state index in [-0.39, 0.29) is 17.2 Å². The summed E-state index contributed by atoms with van der Waals surface area (Å²) in [6, 6.07) is 1.83. The fourth-order valence-corrected chi connectivity index (χ4v) is 5.85. The number of aromatic nitrogens is 3. The van der Waals surface area contributed by atoms with Gasteiger partial charge in [-0.25, -0.2) is 9.78 Å². The summed E-state index contributed by atoms with van der Waals surface area (Å²) in [6.07, 6.45) is 9.71. The maximum atomic E-state index is 13.9. The van der Waals surface area contributed by atoms with Gasteiger partial charge in [0.15, 0.2) is 5.65 Å². The molecule has 1 aliphatic heterocycles. The molecular formula is C27H39N5O3. The van der Waals surface area contributed by atoms with Gasteiger partial charge in [0.05, 0.1) is 10.9 Å². The van der Waals surface area contributed by atoms with Gasteiger partial charge in [-0.15, -0.1) is 0 Å². The van der Waals surface area contributed by atoms with Crippen LogP contribution in [0.3, 0.4) is 0 Å². The van der Waals surface area contributed by atoms with Crippen LogP contribution in [0.4, 0.5) is 0 Å². The van der Waals surface area contributed by atoms with Gasteiger partial charge in [0, 0.05) is 44.3 Å². The Balaban J connectivity index is 1.45. The van der Waals surface area contributed by atoms with Crippen molar-refractivity contribution in [3.05, 3.63) is 38.2 Å². The maximum Gasteiger partial charge on any atom is 0.330 e. The molecule has 8 nitrogen and oxygen atoms in total. The zero-order valence-corrected chi connectivity index (χ0v) is 21.2. The molecule has 8 heteroatoms. The molecule has 3 aliphatic rings. The average molecular weight is 482 g/mol. The first-order chi connectivity index (χ1) is 16.9. The number of fused-ring (bicyclic) bond motifs is 1. The second-order valence-electron chi connectivity index (χ2n) is 11.3. The lowest BCUT2D eigenvalue weighted by Gasteiger charge is -2.29. The van der Waals surface area contributed by atoms with Crippen LogP contribution < -0.4 is 11.2 Å². The van der Waals surface area contributed by atoms with E-state index in [1.165, 1.54) is 32.1 Å². The topological polar surface area (TPSA) is 91.3 Å². The van der Waals surface area contributed by atoms with Gasteiger partial charge in [-0.05, 0) is 56.6 Å². The van der Waals surface area contributed by atoms with Gasteiger partial charge in [-0.2, -0.15) is 0 Å². The second kappa shape index (κ2) is 10.2. The molecular weight excluding hydrogens is 442 g/mol. The SMILES string of the molecule is CC(C)Cn1c(=O)[nH]c(=O)c2c(C(=O)N3CCCN(CC4CCCCC4)CC3)cc(C3CC3)nc21. The molecule has 2 saturated carbocycles. The van der Waals surface area contributed by atoms with Crippen LogP contribution in [0.5, 0.6) is 0 Å². The molecule has 0 radical (unpaired) electrons. The van der Waals surface area contributed by atoms with Crippen molar-refractivity contribution < 1.29 is 4.79 Å². The van der Waals surface area contributed by atoms with E-state index in [0.29, 0.717) is 36.8 Å². The van der Waals surface area contributed by atoms with Gasteiger partial charge in [-0.1, -0.05) is 33.1 Å². The summed E-state index contributed by atoms with van der Waals surface area (Å²) >= 11 is 0. The van der Waals surface area contributed by atoms with Crippen molar-refractivity contribution in [2.45, 2.75) is 77.7 Å². The lowest BCUT2D eigenvalue weighted by Crippen LogP contribution is -2.38. The summed E-state index contributed by atoms with van der Waals surface area (Å²) in [6.45, 7) is 8.86. The summed E-state index contributed by atoms with van der Waals surface area (Å²) in [4.78, 5) is 51.2. The van der Waals surface area contributed by atoms with E-state index in [0.717, 1.165) is 50.5 Å². The van der Waals surface area contributed by atoms with E-state index < -0.39 is 11.2 Å². The van der Waals surface area contributed by atoms with E-state index >= 15 is 0 Å². The molecule has 3 fully saturated rings. The van der Waals surface area contributed by atoms with E-state index in [9.17, 15) is 14.4 Å². The van der Waals surface area contributed by atoms with E-state index in [2.05, 4.69) is 9.88 Å².